The number of nitrogens with zero attached hydrogens (tertiary/aromatic N) is 3. The van der Waals surface area contributed by atoms with Crippen molar-refractivity contribution in [1.82, 2.24) is 15.0 Å². The zero-order valence-corrected chi connectivity index (χ0v) is 6.78. The number of nitrogens with two attached hydrogens (primary N) is 1. The van der Waals surface area contributed by atoms with Gasteiger partial charge in [0.15, 0.2) is 5.15 Å². The molecule has 5 heteroatoms. The van der Waals surface area contributed by atoms with E-state index in [9.17, 15) is 0 Å². The van der Waals surface area contributed by atoms with E-state index < -0.39 is 0 Å². The number of hydrogen-bond donors (Lipinski definition) is 1. The molecule has 0 aliphatic carbocycles. The van der Waals surface area contributed by atoms with Crippen LogP contribution in [-0.2, 0) is 0 Å². The molecule has 0 aromatic carbocycles. The SMILES string of the molecule is Nc1cnc2c(Cl)ncnc2c1. The first-order valence-corrected chi connectivity index (χ1v) is 3.67. The van der Waals surface area contributed by atoms with Crippen molar-refractivity contribution >= 4 is 28.3 Å². The van der Waals surface area contributed by atoms with Gasteiger partial charge in [-0.05, 0) is 6.07 Å². The van der Waals surface area contributed by atoms with Gasteiger partial charge < -0.3 is 5.73 Å². The van der Waals surface area contributed by atoms with Crippen LogP contribution < -0.4 is 5.73 Å². The van der Waals surface area contributed by atoms with Crippen LogP contribution in [0.15, 0.2) is 18.6 Å². The summed E-state index contributed by atoms with van der Waals surface area (Å²) in [5, 5.41) is 0.347. The van der Waals surface area contributed by atoms with Gasteiger partial charge in [-0.15, -0.1) is 0 Å². The Kier molecular flexibility index (Phi) is 1.55. The smallest absolute Gasteiger partial charge is 0.158 e. The van der Waals surface area contributed by atoms with E-state index in [0.717, 1.165) is 0 Å². The minimum absolute atomic E-state index is 0.347. The van der Waals surface area contributed by atoms with Crippen LogP contribution in [0.3, 0.4) is 0 Å². The molecule has 0 amide bonds. The largest absolute Gasteiger partial charge is 0.397 e. The van der Waals surface area contributed by atoms with Crippen LogP contribution in [0, 0.1) is 0 Å². The molecule has 0 saturated heterocycles. The third-order valence-corrected chi connectivity index (χ3v) is 1.73. The van der Waals surface area contributed by atoms with Crippen molar-refractivity contribution in [3.05, 3.63) is 23.7 Å². The summed E-state index contributed by atoms with van der Waals surface area (Å²) in [6.07, 6.45) is 2.91. The summed E-state index contributed by atoms with van der Waals surface area (Å²) >= 11 is 5.75. The Labute approximate surface area is 73.4 Å². The molecule has 0 bridgehead atoms. The van der Waals surface area contributed by atoms with Crippen LogP contribution in [0.5, 0.6) is 0 Å². The second-order valence-corrected chi connectivity index (χ2v) is 2.66. The van der Waals surface area contributed by atoms with Gasteiger partial charge in [0, 0.05) is 0 Å². The minimum atomic E-state index is 0.347. The van der Waals surface area contributed by atoms with Crippen LogP contribution in [0.1, 0.15) is 0 Å². The first kappa shape index (κ1) is 7.24. The molecule has 60 valence electrons. The van der Waals surface area contributed by atoms with Crippen molar-refractivity contribution in [2.24, 2.45) is 0 Å². The van der Waals surface area contributed by atoms with Gasteiger partial charge in [-0.1, -0.05) is 11.6 Å². The van der Waals surface area contributed by atoms with Crippen LogP contribution in [0.2, 0.25) is 5.15 Å². The van der Waals surface area contributed by atoms with E-state index in [4.69, 9.17) is 17.3 Å². The maximum absolute atomic E-state index is 5.75. The fourth-order valence-corrected chi connectivity index (χ4v) is 1.12. The van der Waals surface area contributed by atoms with Gasteiger partial charge in [0.1, 0.15) is 11.8 Å². The van der Waals surface area contributed by atoms with Gasteiger partial charge in [-0.25, -0.2) is 15.0 Å². The normalized spacial score (nSPS) is 10.4. The van der Waals surface area contributed by atoms with Crippen LogP contribution in [-0.4, -0.2) is 15.0 Å². The van der Waals surface area contributed by atoms with E-state index in [1.54, 1.807) is 6.07 Å². The first-order valence-electron chi connectivity index (χ1n) is 3.29. The fraction of sp³-hybridized carbons (Fsp3) is 0. The Bertz CT molecular complexity index is 429. The predicted octanol–water partition coefficient (Wildman–Crippen LogP) is 1.26. The Morgan fingerprint density at radius 1 is 1.25 bits per heavy atom. The molecule has 0 saturated carbocycles. The molecule has 0 spiro atoms. The Hall–Kier alpha value is -1.42. The lowest BCUT2D eigenvalue weighted by molar-refractivity contribution is 1.20. The fourth-order valence-electron chi connectivity index (χ4n) is 0.929. The molecular formula is C7H5ClN4. The number of hydrogen-bond acceptors (Lipinski definition) is 4. The highest BCUT2D eigenvalue weighted by Gasteiger charge is 2.01. The molecule has 2 rings (SSSR count). The van der Waals surface area contributed by atoms with E-state index in [1.807, 2.05) is 0 Å². The number of fused-ring (bicyclic) bond motifs is 1. The summed E-state index contributed by atoms with van der Waals surface area (Å²) < 4.78 is 0. The highest BCUT2D eigenvalue weighted by molar-refractivity contribution is 6.33. The van der Waals surface area contributed by atoms with Crippen LogP contribution in [0.25, 0.3) is 11.0 Å². The summed E-state index contributed by atoms with van der Waals surface area (Å²) in [6.45, 7) is 0. The van der Waals surface area contributed by atoms with Gasteiger partial charge in [0.05, 0.1) is 17.4 Å². The molecule has 0 atom stereocenters. The number of anilines is 1. The molecule has 0 unspecified atom stereocenters. The zero-order chi connectivity index (χ0) is 8.55. The Balaban J connectivity index is 2.86. The molecule has 2 aromatic heterocycles. The quantitative estimate of drug-likeness (QED) is 0.620. The standard InChI is InChI=1S/C7H5ClN4/c8-7-6-5(11-3-12-7)1-4(9)2-10-6/h1-3H,9H2. The predicted molar refractivity (Wildman–Crippen MR) is 46.8 cm³/mol. The van der Waals surface area contributed by atoms with E-state index in [2.05, 4.69) is 15.0 Å². The number of pyridine rings is 1. The summed E-state index contributed by atoms with van der Waals surface area (Å²) in [4.78, 5) is 11.8. The molecule has 2 aromatic rings. The van der Waals surface area contributed by atoms with Crippen LogP contribution >= 0.6 is 11.6 Å². The van der Waals surface area contributed by atoms with Crippen molar-refractivity contribution in [2.75, 3.05) is 5.73 Å². The van der Waals surface area contributed by atoms with E-state index >= 15 is 0 Å². The number of nitrogen functional groups attached to an aromatic ring is 1. The molecule has 0 aliphatic rings. The molecule has 4 nitrogen and oxygen atoms in total. The molecule has 2 N–H and O–H groups in total. The summed E-state index contributed by atoms with van der Waals surface area (Å²) in [6, 6.07) is 1.70. The lowest BCUT2D eigenvalue weighted by Gasteiger charge is -1.97. The molecule has 12 heavy (non-hydrogen) atoms. The molecular weight excluding hydrogens is 176 g/mol. The average Bonchev–Trinajstić information content (AvgIpc) is 2.04. The maximum Gasteiger partial charge on any atom is 0.158 e. The van der Waals surface area contributed by atoms with Gasteiger partial charge in [0.2, 0.25) is 0 Å². The second-order valence-electron chi connectivity index (χ2n) is 2.30. The maximum atomic E-state index is 5.75. The molecule has 0 fully saturated rings. The van der Waals surface area contributed by atoms with Crippen molar-refractivity contribution in [3.8, 4) is 0 Å². The van der Waals surface area contributed by atoms with Crippen LogP contribution in [0.4, 0.5) is 5.69 Å². The van der Waals surface area contributed by atoms with Crippen molar-refractivity contribution in [1.29, 1.82) is 0 Å². The number of rotatable bonds is 0. The topological polar surface area (TPSA) is 64.7 Å². The third-order valence-electron chi connectivity index (χ3n) is 1.45. The van der Waals surface area contributed by atoms with Gasteiger partial charge in [0.25, 0.3) is 0 Å². The molecule has 0 radical (unpaired) electrons. The number of aromatic nitrogens is 3. The first-order chi connectivity index (χ1) is 5.77. The summed E-state index contributed by atoms with van der Waals surface area (Å²) in [5.41, 5.74) is 7.31. The minimum Gasteiger partial charge on any atom is -0.397 e. The monoisotopic (exact) mass is 180 g/mol. The lowest BCUT2D eigenvalue weighted by Crippen LogP contribution is -1.90. The van der Waals surface area contributed by atoms with E-state index in [-0.39, 0.29) is 0 Å². The van der Waals surface area contributed by atoms with Crippen molar-refractivity contribution in [2.45, 2.75) is 0 Å². The number of halogens is 1. The summed E-state index contributed by atoms with van der Waals surface area (Å²) in [5.74, 6) is 0. The van der Waals surface area contributed by atoms with E-state index in [1.165, 1.54) is 12.5 Å². The summed E-state index contributed by atoms with van der Waals surface area (Å²) in [7, 11) is 0. The second kappa shape index (κ2) is 2.57. The van der Waals surface area contributed by atoms with Gasteiger partial charge in [-0.3, -0.25) is 0 Å². The van der Waals surface area contributed by atoms with Crippen molar-refractivity contribution in [3.63, 3.8) is 0 Å². The Morgan fingerprint density at radius 3 is 2.92 bits per heavy atom. The van der Waals surface area contributed by atoms with Gasteiger partial charge in [-0.2, -0.15) is 0 Å². The van der Waals surface area contributed by atoms with Crippen molar-refractivity contribution < 1.29 is 0 Å². The molecule has 0 aliphatic heterocycles. The third kappa shape index (κ3) is 1.06. The average molecular weight is 181 g/mol. The highest BCUT2D eigenvalue weighted by atomic mass is 35.5. The highest BCUT2D eigenvalue weighted by Crippen LogP contribution is 2.17. The Morgan fingerprint density at radius 2 is 2.08 bits per heavy atom. The lowest BCUT2D eigenvalue weighted by atomic mass is 10.3. The molecule has 2 heterocycles. The van der Waals surface area contributed by atoms with E-state index in [0.29, 0.717) is 21.9 Å². The zero-order valence-electron chi connectivity index (χ0n) is 6.03. The van der Waals surface area contributed by atoms with Gasteiger partial charge >= 0.3 is 0 Å².